The smallest absolute Gasteiger partial charge is 0.269 e. The second kappa shape index (κ2) is 8.25. The summed E-state index contributed by atoms with van der Waals surface area (Å²) < 4.78 is 5.87. The van der Waals surface area contributed by atoms with Crippen molar-refractivity contribution < 1.29 is 14.3 Å². The molecule has 2 aromatic rings. The number of carbonyl (C=O) groups is 2. The zero-order chi connectivity index (χ0) is 18.4. The van der Waals surface area contributed by atoms with Crippen LogP contribution in [0.5, 0.6) is 11.5 Å². The van der Waals surface area contributed by atoms with E-state index in [4.69, 9.17) is 4.74 Å². The van der Waals surface area contributed by atoms with E-state index < -0.39 is 0 Å². The van der Waals surface area contributed by atoms with Gasteiger partial charge in [0.15, 0.2) is 0 Å². The molecule has 0 aliphatic heterocycles. The lowest BCUT2D eigenvalue weighted by molar-refractivity contribution is -0.116. The van der Waals surface area contributed by atoms with E-state index in [1.54, 1.807) is 30.1 Å². The van der Waals surface area contributed by atoms with Crippen LogP contribution in [0.1, 0.15) is 16.1 Å². The Morgan fingerprint density at radius 3 is 2.64 bits per heavy atom. The number of nitrogens with one attached hydrogen (secondary N) is 2. The van der Waals surface area contributed by atoms with E-state index in [2.05, 4.69) is 15.6 Å². The summed E-state index contributed by atoms with van der Waals surface area (Å²) in [6.45, 7) is 2.20. The fourth-order valence-corrected chi connectivity index (χ4v) is 2.13. The summed E-state index contributed by atoms with van der Waals surface area (Å²) >= 11 is 0. The normalized spacial score (nSPS) is 10.4. The number of aromatic nitrogens is 1. The summed E-state index contributed by atoms with van der Waals surface area (Å²) in [5.41, 5.74) is 1.82. The van der Waals surface area contributed by atoms with Crippen molar-refractivity contribution in [1.82, 2.24) is 15.2 Å². The van der Waals surface area contributed by atoms with E-state index in [1.807, 2.05) is 33.2 Å². The number of carbonyl (C=O) groups excluding carboxylic acids is 2. The minimum absolute atomic E-state index is 0.106. The van der Waals surface area contributed by atoms with Crippen LogP contribution >= 0.6 is 0 Å². The number of nitrogens with zero attached hydrogens (tertiary/aromatic N) is 2. The van der Waals surface area contributed by atoms with E-state index in [0.29, 0.717) is 23.7 Å². The molecule has 1 aromatic heterocycles. The highest BCUT2D eigenvalue weighted by Crippen LogP contribution is 2.28. The van der Waals surface area contributed by atoms with Gasteiger partial charge >= 0.3 is 0 Å². The first-order chi connectivity index (χ1) is 11.9. The van der Waals surface area contributed by atoms with Crippen LogP contribution < -0.4 is 15.4 Å². The lowest BCUT2D eigenvalue weighted by Gasteiger charge is -2.13. The summed E-state index contributed by atoms with van der Waals surface area (Å²) in [7, 11) is 5.20. The van der Waals surface area contributed by atoms with Crippen LogP contribution in [0.4, 0.5) is 5.69 Å². The van der Waals surface area contributed by atoms with Gasteiger partial charge in [0.2, 0.25) is 5.91 Å². The van der Waals surface area contributed by atoms with Crippen molar-refractivity contribution in [1.29, 1.82) is 0 Å². The Morgan fingerprint density at radius 1 is 1.20 bits per heavy atom. The van der Waals surface area contributed by atoms with Crippen LogP contribution in [0.25, 0.3) is 0 Å². The van der Waals surface area contributed by atoms with Crippen molar-refractivity contribution >= 4 is 17.5 Å². The first-order valence-electron chi connectivity index (χ1n) is 7.80. The van der Waals surface area contributed by atoms with Crippen molar-refractivity contribution in [3.8, 4) is 11.5 Å². The third-order valence-electron chi connectivity index (χ3n) is 3.35. The highest BCUT2D eigenvalue weighted by molar-refractivity contribution is 5.93. The van der Waals surface area contributed by atoms with Gasteiger partial charge < -0.3 is 20.3 Å². The van der Waals surface area contributed by atoms with Gasteiger partial charge in [0.25, 0.3) is 5.91 Å². The number of hydrogen-bond donors (Lipinski definition) is 2. The molecule has 0 bridgehead atoms. The lowest BCUT2D eigenvalue weighted by Crippen LogP contribution is -2.27. The highest BCUT2D eigenvalue weighted by atomic mass is 16.5. The molecule has 0 fully saturated rings. The Morgan fingerprint density at radius 2 is 1.96 bits per heavy atom. The number of anilines is 1. The number of amides is 2. The molecule has 132 valence electrons. The molecular formula is C18H22N4O3. The predicted molar refractivity (Wildman–Crippen MR) is 96.1 cm³/mol. The Labute approximate surface area is 147 Å². The van der Waals surface area contributed by atoms with Gasteiger partial charge in [0.1, 0.15) is 17.2 Å². The van der Waals surface area contributed by atoms with Crippen molar-refractivity contribution in [3.63, 3.8) is 0 Å². The van der Waals surface area contributed by atoms with Crippen molar-refractivity contribution in [2.24, 2.45) is 0 Å². The number of benzene rings is 1. The average Bonchev–Trinajstić information content (AvgIpc) is 2.56. The van der Waals surface area contributed by atoms with Gasteiger partial charge in [-0.1, -0.05) is 6.07 Å². The number of likely N-dealkylation sites (N-methyl/N-ethyl adjacent to an activating group) is 1. The van der Waals surface area contributed by atoms with Crippen molar-refractivity contribution in [2.45, 2.75) is 6.92 Å². The standard InChI is InChI=1S/C18H22N4O3/c1-12-5-6-13(21-17(23)11-22(3)4)9-16(12)25-14-7-8-20-15(10-14)18(24)19-2/h5-10H,11H2,1-4H3,(H,19,24)(H,21,23). The van der Waals surface area contributed by atoms with Crippen LogP contribution in [-0.2, 0) is 4.79 Å². The van der Waals surface area contributed by atoms with E-state index in [0.717, 1.165) is 5.56 Å². The first kappa shape index (κ1) is 18.4. The molecule has 0 radical (unpaired) electrons. The van der Waals surface area contributed by atoms with Gasteiger partial charge in [-0.15, -0.1) is 0 Å². The average molecular weight is 342 g/mol. The van der Waals surface area contributed by atoms with Crippen molar-refractivity contribution in [3.05, 3.63) is 47.8 Å². The fourth-order valence-electron chi connectivity index (χ4n) is 2.13. The Kier molecular flexibility index (Phi) is 6.08. The molecular weight excluding hydrogens is 320 g/mol. The van der Waals surface area contributed by atoms with Crippen LogP contribution in [0.2, 0.25) is 0 Å². The topological polar surface area (TPSA) is 83.6 Å². The largest absolute Gasteiger partial charge is 0.457 e. The fraction of sp³-hybridized carbons (Fsp3) is 0.278. The van der Waals surface area contributed by atoms with Crippen molar-refractivity contribution in [2.75, 3.05) is 33.0 Å². The third kappa shape index (κ3) is 5.29. The maximum atomic E-state index is 11.9. The Bertz CT molecular complexity index is 775. The number of ether oxygens (including phenoxy) is 1. The minimum atomic E-state index is -0.285. The highest BCUT2D eigenvalue weighted by Gasteiger charge is 2.10. The summed E-state index contributed by atoms with van der Waals surface area (Å²) in [6, 6.07) is 8.67. The van der Waals surface area contributed by atoms with Gasteiger partial charge in [-0.3, -0.25) is 14.6 Å². The molecule has 0 saturated carbocycles. The molecule has 0 atom stereocenters. The molecule has 7 heteroatoms. The molecule has 0 aliphatic carbocycles. The molecule has 0 spiro atoms. The number of hydrogen-bond acceptors (Lipinski definition) is 5. The molecule has 2 N–H and O–H groups in total. The molecule has 0 saturated heterocycles. The second-order valence-corrected chi connectivity index (χ2v) is 5.82. The molecule has 2 amide bonds. The number of aryl methyl sites for hydroxylation is 1. The molecule has 2 rings (SSSR count). The van der Waals surface area contributed by atoms with Gasteiger partial charge in [-0.2, -0.15) is 0 Å². The number of pyridine rings is 1. The zero-order valence-electron chi connectivity index (χ0n) is 14.8. The Hall–Kier alpha value is -2.93. The summed E-state index contributed by atoms with van der Waals surface area (Å²) in [5, 5.41) is 5.35. The maximum absolute atomic E-state index is 11.9. The van der Waals surface area contributed by atoms with E-state index >= 15 is 0 Å². The van der Waals surface area contributed by atoms with E-state index in [1.165, 1.54) is 6.20 Å². The second-order valence-electron chi connectivity index (χ2n) is 5.82. The Balaban J connectivity index is 2.18. The van der Waals surface area contributed by atoms with Crippen LogP contribution in [-0.4, -0.2) is 49.4 Å². The molecule has 1 aromatic carbocycles. The van der Waals surface area contributed by atoms with Gasteiger partial charge in [0.05, 0.1) is 6.54 Å². The zero-order valence-corrected chi connectivity index (χ0v) is 14.8. The lowest BCUT2D eigenvalue weighted by atomic mass is 10.2. The molecule has 0 unspecified atom stereocenters. The molecule has 1 heterocycles. The van der Waals surface area contributed by atoms with Crippen LogP contribution in [0, 0.1) is 6.92 Å². The molecule has 25 heavy (non-hydrogen) atoms. The SMILES string of the molecule is CNC(=O)c1cc(Oc2cc(NC(=O)CN(C)C)ccc2C)ccn1. The van der Waals surface area contributed by atoms with Gasteiger partial charge in [0, 0.05) is 31.1 Å². The van der Waals surface area contributed by atoms with E-state index in [-0.39, 0.29) is 17.5 Å². The van der Waals surface area contributed by atoms with Crippen LogP contribution in [0.15, 0.2) is 36.5 Å². The summed E-state index contributed by atoms with van der Waals surface area (Å²) in [4.78, 5) is 29.3. The van der Waals surface area contributed by atoms with Crippen LogP contribution in [0.3, 0.4) is 0 Å². The first-order valence-corrected chi connectivity index (χ1v) is 7.80. The number of rotatable bonds is 6. The maximum Gasteiger partial charge on any atom is 0.269 e. The third-order valence-corrected chi connectivity index (χ3v) is 3.35. The van der Waals surface area contributed by atoms with Gasteiger partial charge in [-0.25, -0.2) is 0 Å². The van der Waals surface area contributed by atoms with Gasteiger partial charge in [-0.05, 0) is 38.7 Å². The quantitative estimate of drug-likeness (QED) is 0.839. The predicted octanol–water partition coefficient (Wildman–Crippen LogP) is 2.04. The van der Waals surface area contributed by atoms with E-state index in [9.17, 15) is 9.59 Å². The minimum Gasteiger partial charge on any atom is -0.457 e. The molecule has 0 aliphatic rings. The summed E-state index contributed by atoms with van der Waals surface area (Å²) in [6.07, 6.45) is 1.51. The summed E-state index contributed by atoms with van der Waals surface area (Å²) in [5.74, 6) is 0.697. The monoisotopic (exact) mass is 342 g/mol. The molecule has 7 nitrogen and oxygen atoms in total.